The molecule has 0 fully saturated rings. The average Bonchev–Trinajstić information content (AvgIpc) is 3.17. The molecule has 1 amide bonds. The Kier molecular flexibility index (Phi) is 7.11. The van der Waals surface area contributed by atoms with Crippen molar-refractivity contribution < 1.29 is 9.18 Å². The van der Waals surface area contributed by atoms with Crippen LogP contribution in [0.1, 0.15) is 57.2 Å². The molecule has 3 unspecified atom stereocenters. The van der Waals surface area contributed by atoms with Crippen LogP contribution >= 0.6 is 0 Å². The predicted molar refractivity (Wildman–Crippen MR) is 136 cm³/mol. The van der Waals surface area contributed by atoms with E-state index in [1.807, 2.05) is 79.5 Å². The number of hydrogen-bond acceptors (Lipinski definition) is 3. The Labute approximate surface area is 201 Å². The molecular weight excluding hydrogens is 425 g/mol. The number of amides is 1. The molecule has 3 atom stereocenters. The first kappa shape index (κ1) is 23.7. The van der Waals surface area contributed by atoms with Crippen molar-refractivity contribution in [3.63, 3.8) is 0 Å². The van der Waals surface area contributed by atoms with Gasteiger partial charge in [0.2, 0.25) is 5.91 Å². The monoisotopic (exact) mass is 457 g/mol. The topological polar surface area (TPSA) is 44.7 Å². The van der Waals surface area contributed by atoms with Gasteiger partial charge in [0, 0.05) is 5.92 Å². The van der Waals surface area contributed by atoms with E-state index in [4.69, 9.17) is 5.10 Å². The maximum absolute atomic E-state index is 14.1. The molecular formula is C29H32FN3O. The number of carbonyl (C=O) groups is 1. The summed E-state index contributed by atoms with van der Waals surface area (Å²) < 4.78 is 13.7. The maximum Gasteiger partial charge on any atom is 0.248 e. The van der Waals surface area contributed by atoms with E-state index in [0.717, 1.165) is 41.8 Å². The zero-order chi connectivity index (χ0) is 24.1. The van der Waals surface area contributed by atoms with Crippen LogP contribution in [0.5, 0.6) is 0 Å². The lowest BCUT2D eigenvalue weighted by Crippen LogP contribution is -2.58. The summed E-state index contributed by atoms with van der Waals surface area (Å²) in [7, 11) is 0. The Balaban J connectivity index is 1.77. The van der Waals surface area contributed by atoms with Crippen LogP contribution in [-0.4, -0.2) is 17.2 Å². The van der Waals surface area contributed by atoms with Crippen LogP contribution in [0.2, 0.25) is 0 Å². The number of anilines is 1. The third-order valence-corrected chi connectivity index (χ3v) is 6.75. The number of nitrogens with zero attached hydrogens (tertiary/aromatic N) is 2. The summed E-state index contributed by atoms with van der Waals surface area (Å²) in [6, 6.07) is 26.0. The smallest absolute Gasteiger partial charge is 0.248 e. The molecule has 3 aromatic carbocycles. The number of unbranched alkanes of at least 4 members (excludes halogenated alkanes) is 1. The van der Waals surface area contributed by atoms with Crippen molar-refractivity contribution in [2.24, 2.45) is 11.0 Å². The van der Waals surface area contributed by atoms with Gasteiger partial charge in [0.25, 0.3) is 0 Å². The van der Waals surface area contributed by atoms with E-state index in [-0.39, 0.29) is 23.7 Å². The molecule has 0 radical (unpaired) electrons. The van der Waals surface area contributed by atoms with Gasteiger partial charge in [0.15, 0.2) is 0 Å². The molecule has 0 saturated heterocycles. The van der Waals surface area contributed by atoms with Crippen LogP contribution < -0.4 is 10.3 Å². The van der Waals surface area contributed by atoms with Gasteiger partial charge >= 0.3 is 0 Å². The summed E-state index contributed by atoms with van der Waals surface area (Å²) in [5.74, 6) is -0.514. The van der Waals surface area contributed by atoms with Gasteiger partial charge in [-0.1, -0.05) is 80.4 Å². The molecule has 0 aliphatic carbocycles. The number of hydrogen-bond donors (Lipinski definition) is 1. The van der Waals surface area contributed by atoms with E-state index in [1.54, 1.807) is 12.1 Å². The molecule has 0 spiro atoms. The first-order chi connectivity index (χ1) is 16.4. The van der Waals surface area contributed by atoms with E-state index >= 15 is 0 Å². The van der Waals surface area contributed by atoms with Crippen LogP contribution in [0, 0.1) is 11.7 Å². The van der Waals surface area contributed by atoms with Crippen LogP contribution in [0.3, 0.4) is 0 Å². The largest absolute Gasteiger partial charge is 0.347 e. The van der Waals surface area contributed by atoms with E-state index in [1.165, 1.54) is 12.1 Å². The van der Waals surface area contributed by atoms with E-state index in [2.05, 4.69) is 12.2 Å². The molecule has 34 heavy (non-hydrogen) atoms. The molecule has 1 aliphatic rings. The molecule has 1 aliphatic heterocycles. The quantitative estimate of drug-likeness (QED) is 0.420. The van der Waals surface area contributed by atoms with Crippen LogP contribution in [0.25, 0.3) is 0 Å². The van der Waals surface area contributed by atoms with E-state index in [0.29, 0.717) is 0 Å². The third kappa shape index (κ3) is 4.60. The molecule has 4 rings (SSSR count). The van der Waals surface area contributed by atoms with E-state index in [9.17, 15) is 9.18 Å². The highest BCUT2D eigenvalue weighted by Crippen LogP contribution is 2.42. The first-order valence-electron chi connectivity index (χ1n) is 12.0. The van der Waals surface area contributed by atoms with Gasteiger partial charge in [-0.25, -0.2) is 9.40 Å². The summed E-state index contributed by atoms with van der Waals surface area (Å²) in [5.41, 5.74) is 2.63. The standard InChI is InChI=1S/C29H32FN3O/c1-4-5-16-26-27(23-17-19-24(30)20-18-23)32-33(25-14-10-7-11-15-25)29(26,3)28(34)31-21(2)22-12-8-6-9-13-22/h6-15,17-21,26H,4-5,16H2,1-3H3,(H,31,34). The van der Waals surface area contributed by atoms with Crippen molar-refractivity contribution in [3.8, 4) is 0 Å². The fraction of sp³-hybridized carbons (Fsp3) is 0.310. The van der Waals surface area contributed by atoms with Crippen molar-refractivity contribution >= 4 is 17.3 Å². The normalized spacial score (nSPS) is 20.6. The maximum atomic E-state index is 14.1. The lowest BCUT2D eigenvalue weighted by Gasteiger charge is -2.38. The molecule has 176 valence electrons. The summed E-state index contributed by atoms with van der Waals surface area (Å²) in [5, 5.41) is 10.1. The molecule has 5 heteroatoms. The Hall–Kier alpha value is -3.47. The van der Waals surface area contributed by atoms with E-state index < -0.39 is 5.54 Å². The Bertz CT molecular complexity index is 1130. The van der Waals surface area contributed by atoms with Gasteiger partial charge in [0.05, 0.1) is 17.4 Å². The predicted octanol–water partition coefficient (Wildman–Crippen LogP) is 6.49. The highest BCUT2D eigenvalue weighted by atomic mass is 19.1. The van der Waals surface area contributed by atoms with Crippen molar-refractivity contribution in [1.82, 2.24) is 5.32 Å². The number of hydrazone groups is 1. The zero-order valence-corrected chi connectivity index (χ0v) is 20.0. The Morgan fingerprint density at radius 1 is 1.03 bits per heavy atom. The summed E-state index contributed by atoms with van der Waals surface area (Å²) >= 11 is 0. The lowest BCUT2D eigenvalue weighted by atomic mass is 9.76. The molecule has 3 aromatic rings. The molecule has 0 saturated carbocycles. The van der Waals surface area contributed by atoms with Crippen molar-refractivity contribution in [3.05, 3.63) is 102 Å². The van der Waals surface area contributed by atoms with Gasteiger partial charge in [0.1, 0.15) is 11.4 Å². The minimum Gasteiger partial charge on any atom is -0.347 e. The van der Waals surface area contributed by atoms with Crippen LogP contribution in [0.4, 0.5) is 10.1 Å². The highest BCUT2D eigenvalue weighted by Gasteiger charge is 2.53. The minimum atomic E-state index is -0.941. The molecule has 0 bridgehead atoms. The van der Waals surface area contributed by atoms with Gasteiger partial charge in [-0.2, -0.15) is 5.10 Å². The second kappa shape index (κ2) is 10.2. The number of benzene rings is 3. The third-order valence-electron chi connectivity index (χ3n) is 6.75. The number of rotatable bonds is 8. The Morgan fingerprint density at radius 2 is 1.65 bits per heavy atom. The molecule has 4 nitrogen and oxygen atoms in total. The minimum absolute atomic E-state index is 0.0744. The first-order valence-corrected chi connectivity index (χ1v) is 12.0. The number of para-hydroxylation sites is 1. The molecule has 1 heterocycles. The lowest BCUT2D eigenvalue weighted by molar-refractivity contribution is -0.127. The van der Waals surface area contributed by atoms with Gasteiger partial charge in [-0.05, 0) is 55.7 Å². The number of carbonyl (C=O) groups excluding carboxylic acids is 1. The fourth-order valence-corrected chi connectivity index (χ4v) is 4.72. The number of nitrogens with one attached hydrogen (secondary N) is 1. The van der Waals surface area contributed by atoms with Crippen molar-refractivity contribution in [1.29, 1.82) is 0 Å². The summed E-state index contributed by atoms with van der Waals surface area (Å²) in [6.07, 6.45) is 2.78. The van der Waals surface area contributed by atoms with Crippen molar-refractivity contribution in [2.45, 2.75) is 51.6 Å². The summed E-state index contributed by atoms with van der Waals surface area (Å²) in [4.78, 5) is 14.1. The molecule has 0 aromatic heterocycles. The zero-order valence-electron chi connectivity index (χ0n) is 20.0. The SMILES string of the molecule is CCCCC1C(c2ccc(F)cc2)=NN(c2ccccc2)C1(C)C(=O)NC(C)c1ccccc1. The van der Waals surface area contributed by atoms with Crippen LogP contribution in [-0.2, 0) is 4.79 Å². The van der Waals surface area contributed by atoms with Crippen LogP contribution in [0.15, 0.2) is 90.0 Å². The van der Waals surface area contributed by atoms with Gasteiger partial charge in [-0.15, -0.1) is 0 Å². The highest BCUT2D eigenvalue weighted by molar-refractivity contribution is 6.10. The second-order valence-electron chi connectivity index (χ2n) is 9.09. The second-order valence-corrected chi connectivity index (χ2v) is 9.09. The molecule has 1 N–H and O–H groups in total. The van der Waals surface area contributed by atoms with Crippen molar-refractivity contribution in [2.75, 3.05) is 5.01 Å². The van der Waals surface area contributed by atoms with Gasteiger partial charge in [-0.3, -0.25) is 4.79 Å². The Morgan fingerprint density at radius 3 is 2.26 bits per heavy atom. The van der Waals surface area contributed by atoms with Gasteiger partial charge < -0.3 is 5.32 Å². The average molecular weight is 458 g/mol. The fourth-order valence-electron chi connectivity index (χ4n) is 4.72. The summed E-state index contributed by atoms with van der Waals surface area (Å²) in [6.45, 7) is 6.13. The number of halogens is 1.